The van der Waals surface area contributed by atoms with Crippen LogP contribution in [-0.2, 0) is 16.1 Å². The van der Waals surface area contributed by atoms with Crippen LogP contribution >= 0.6 is 11.3 Å². The predicted molar refractivity (Wildman–Crippen MR) is 96.0 cm³/mol. The summed E-state index contributed by atoms with van der Waals surface area (Å²) in [5, 5.41) is 7.15. The van der Waals surface area contributed by atoms with Crippen molar-refractivity contribution in [3.63, 3.8) is 0 Å². The number of likely N-dealkylation sites (N-methyl/N-ethyl adjacent to an activating group) is 1. The fraction of sp³-hybridized carbons (Fsp3) is 0.444. The normalized spacial score (nSPS) is 18.8. The van der Waals surface area contributed by atoms with Crippen LogP contribution < -0.4 is 5.32 Å². The molecule has 0 bridgehead atoms. The molecule has 0 radical (unpaired) electrons. The Labute approximate surface area is 151 Å². The van der Waals surface area contributed by atoms with Crippen molar-refractivity contribution < 1.29 is 14.0 Å². The van der Waals surface area contributed by atoms with Crippen molar-refractivity contribution in [2.45, 2.75) is 19.0 Å². The van der Waals surface area contributed by atoms with Gasteiger partial charge in [0.1, 0.15) is 5.76 Å². The third-order valence-electron chi connectivity index (χ3n) is 4.53. The lowest BCUT2D eigenvalue weighted by molar-refractivity contribution is -0.129. The zero-order valence-corrected chi connectivity index (χ0v) is 15.3. The zero-order valence-electron chi connectivity index (χ0n) is 14.5. The van der Waals surface area contributed by atoms with E-state index in [-0.39, 0.29) is 30.2 Å². The van der Waals surface area contributed by atoms with Crippen LogP contribution in [0.1, 0.15) is 23.8 Å². The summed E-state index contributed by atoms with van der Waals surface area (Å²) in [4.78, 5) is 28.4. The van der Waals surface area contributed by atoms with E-state index in [2.05, 4.69) is 21.7 Å². The molecular weight excluding hydrogens is 338 g/mol. The Kier molecular flexibility index (Phi) is 5.55. The van der Waals surface area contributed by atoms with E-state index in [0.29, 0.717) is 19.6 Å². The van der Waals surface area contributed by atoms with Crippen molar-refractivity contribution in [1.29, 1.82) is 0 Å². The minimum absolute atomic E-state index is 0.00135. The van der Waals surface area contributed by atoms with Gasteiger partial charge < -0.3 is 19.5 Å². The van der Waals surface area contributed by atoms with Crippen molar-refractivity contribution in [1.82, 2.24) is 15.1 Å². The van der Waals surface area contributed by atoms with Gasteiger partial charge in [-0.1, -0.05) is 0 Å². The van der Waals surface area contributed by atoms with Gasteiger partial charge in [0.15, 0.2) is 0 Å². The maximum absolute atomic E-state index is 12.5. The highest BCUT2D eigenvalue weighted by Crippen LogP contribution is 2.22. The van der Waals surface area contributed by atoms with Crippen LogP contribution in [0.3, 0.4) is 0 Å². The summed E-state index contributed by atoms with van der Waals surface area (Å²) in [7, 11) is 4.00. The third kappa shape index (κ3) is 4.29. The van der Waals surface area contributed by atoms with Crippen LogP contribution in [0.4, 0.5) is 0 Å². The minimum atomic E-state index is -0.298. The fourth-order valence-electron chi connectivity index (χ4n) is 3.10. The van der Waals surface area contributed by atoms with Gasteiger partial charge in [-0.15, -0.1) is 0 Å². The van der Waals surface area contributed by atoms with Gasteiger partial charge in [-0.3, -0.25) is 9.59 Å². The SMILES string of the molecule is CN(C)[C@@H](CNC(=O)[C@H]1CC(=O)N(Cc2ccco2)C1)c1ccsc1. The van der Waals surface area contributed by atoms with Crippen LogP contribution in [0.5, 0.6) is 0 Å². The summed E-state index contributed by atoms with van der Waals surface area (Å²) >= 11 is 1.65. The van der Waals surface area contributed by atoms with E-state index in [9.17, 15) is 9.59 Å². The van der Waals surface area contributed by atoms with Crippen molar-refractivity contribution in [2.75, 3.05) is 27.2 Å². The molecule has 2 atom stereocenters. The summed E-state index contributed by atoms with van der Waals surface area (Å²) in [5.41, 5.74) is 1.19. The van der Waals surface area contributed by atoms with Crippen LogP contribution in [0.2, 0.25) is 0 Å². The van der Waals surface area contributed by atoms with Crippen molar-refractivity contribution in [3.8, 4) is 0 Å². The van der Waals surface area contributed by atoms with Crippen molar-refractivity contribution in [3.05, 3.63) is 46.5 Å². The Morgan fingerprint density at radius 1 is 1.48 bits per heavy atom. The van der Waals surface area contributed by atoms with Gasteiger partial charge in [-0.05, 0) is 48.6 Å². The van der Waals surface area contributed by atoms with E-state index in [0.717, 1.165) is 5.76 Å². The minimum Gasteiger partial charge on any atom is -0.467 e. The molecule has 0 unspecified atom stereocenters. The first-order valence-corrected chi connectivity index (χ1v) is 9.25. The lowest BCUT2D eigenvalue weighted by Gasteiger charge is -2.24. The maximum Gasteiger partial charge on any atom is 0.225 e. The Hall–Kier alpha value is -2.12. The first kappa shape index (κ1) is 17.7. The molecule has 2 aromatic heterocycles. The molecule has 0 aromatic carbocycles. The molecule has 7 heteroatoms. The second kappa shape index (κ2) is 7.84. The van der Waals surface area contributed by atoms with Crippen LogP contribution in [0.25, 0.3) is 0 Å². The number of hydrogen-bond acceptors (Lipinski definition) is 5. The van der Waals surface area contributed by atoms with Gasteiger partial charge in [0.25, 0.3) is 0 Å². The second-order valence-electron chi connectivity index (χ2n) is 6.54. The molecule has 1 aliphatic heterocycles. The molecule has 1 saturated heterocycles. The van der Waals surface area contributed by atoms with Gasteiger partial charge in [-0.2, -0.15) is 11.3 Å². The largest absolute Gasteiger partial charge is 0.467 e. The van der Waals surface area contributed by atoms with Gasteiger partial charge in [0.2, 0.25) is 11.8 Å². The van der Waals surface area contributed by atoms with Gasteiger partial charge >= 0.3 is 0 Å². The van der Waals surface area contributed by atoms with E-state index in [1.165, 1.54) is 5.56 Å². The van der Waals surface area contributed by atoms with E-state index in [1.807, 2.05) is 25.5 Å². The first-order valence-electron chi connectivity index (χ1n) is 8.31. The molecule has 1 fully saturated rings. The van der Waals surface area contributed by atoms with Gasteiger partial charge in [0, 0.05) is 19.5 Å². The number of rotatable bonds is 7. The monoisotopic (exact) mass is 361 g/mol. The van der Waals surface area contributed by atoms with E-state index in [1.54, 1.807) is 28.6 Å². The average Bonchev–Trinajstić information content (AvgIpc) is 3.31. The highest BCUT2D eigenvalue weighted by molar-refractivity contribution is 7.07. The van der Waals surface area contributed by atoms with E-state index >= 15 is 0 Å². The Bertz CT molecular complexity index is 697. The number of carbonyl (C=O) groups is 2. The average molecular weight is 361 g/mol. The molecule has 1 aliphatic rings. The summed E-state index contributed by atoms with van der Waals surface area (Å²) in [6.45, 7) is 1.40. The summed E-state index contributed by atoms with van der Waals surface area (Å²) in [6, 6.07) is 5.84. The molecule has 0 aliphatic carbocycles. The Balaban J connectivity index is 1.54. The predicted octanol–water partition coefficient (Wildman–Crippen LogP) is 2.11. The number of furan rings is 1. The molecule has 3 heterocycles. The molecule has 1 N–H and O–H groups in total. The van der Waals surface area contributed by atoms with Crippen molar-refractivity contribution in [2.24, 2.45) is 5.92 Å². The number of nitrogens with one attached hydrogen (secondary N) is 1. The number of hydrogen-bond donors (Lipinski definition) is 1. The van der Waals surface area contributed by atoms with E-state index in [4.69, 9.17) is 4.42 Å². The van der Waals surface area contributed by atoms with Gasteiger partial charge in [0.05, 0.1) is 24.8 Å². The maximum atomic E-state index is 12.5. The van der Waals surface area contributed by atoms with Crippen molar-refractivity contribution >= 4 is 23.2 Å². The van der Waals surface area contributed by atoms with E-state index < -0.39 is 0 Å². The second-order valence-corrected chi connectivity index (χ2v) is 7.32. The number of carbonyl (C=O) groups excluding carboxylic acids is 2. The number of likely N-dealkylation sites (tertiary alicyclic amines) is 1. The number of thiophene rings is 1. The quantitative estimate of drug-likeness (QED) is 0.820. The third-order valence-corrected chi connectivity index (χ3v) is 5.23. The molecule has 25 heavy (non-hydrogen) atoms. The van der Waals surface area contributed by atoms with Crippen LogP contribution in [-0.4, -0.2) is 48.8 Å². The molecule has 0 saturated carbocycles. The lowest BCUT2D eigenvalue weighted by atomic mass is 10.1. The summed E-state index contributed by atoms with van der Waals surface area (Å²) < 4.78 is 5.29. The van der Waals surface area contributed by atoms with Crippen LogP contribution in [0.15, 0.2) is 39.6 Å². The molecule has 134 valence electrons. The fourth-order valence-corrected chi connectivity index (χ4v) is 3.80. The first-order chi connectivity index (χ1) is 12.0. The highest BCUT2D eigenvalue weighted by atomic mass is 32.1. The Morgan fingerprint density at radius 3 is 2.96 bits per heavy atom. The standard InChI is InChI=1S/C18H23N3O3S/c1-20(2)16(13-5-7-25-12-13)9-19-18(23)14-8-17(22)21(10-14)11-15-4-3-6-24-15/h3-7,12,14,16H,8-11H2,1-2H3,(H,19,23)/t14-,16-/m0/s1. The molecular formula is C18H23N3O3S. The molecule has 3 rings (SSSR count). The summed E-state index contributed by atoms with van der Waals surface area (Å²) in [6.07, 6.45) is 1.85. The zero-order chi connectivity index (χ0) is 17.8. The molecule has 6 nitrogen and oxygen atoms in total. The van der Waals surface area contributed by atoms with Gasteiger partial charge in [-0.25, -0.2) is 0 Å². The lowest BCUT2D eigenvalue weighted by Crippen LogP contribution is -2.38. The van der Waals surface area contributed by atoms with Crippen LogP contribution in [0, 0.1) is 5.92 Å². The topological polar surface area (TPSA) is 65.8 Å². The molecule has 2 amide bonds. The smallest absolute Gasteiger partial charge is 0.225 e. The number of nitrogens with zero attached hydrogens (tertiary/aromatic N) is 2. The molecule has 0 spiro atoms. The number of amides is 2. The highest BCUT2D eigenvalue weighted by Gasteiger charge is 2.34. The molecule has 2 aromatic rings. The summed E-state index contributed by atoms with van der Waals surface area (Å²) in [5.74, 6) is 0.378. The Morgan fingerprint density at radius 2 is 2.32 bits per heavy atom.